The summed E-state index contributed by atoms with van der Waals surface area (Å²) in [6, 6.07) is 11.0. The molecule has 0 aromatic heterocycles. The first kappa shape index (κ1) is 18.7. The molecule has 0 aliphatic carbocycles. The molecule has 1 atom stereocenters. The van der Waals surface area contributed by atoms with Gasteiger partial charge in [0.05, 0.1) is 13.5 Å². The Bertz CT molecular complexity index is 784. The summed E-state index contributed by atoms with van der Waals surface area (Å²) in [4.78, 5) is 14.4. The second kappa shape index (κ2) is 8.54. The van der Waals surface area contributed by atoms with Gasteiger partial charge in [-0.2, -0.15) is 11.8 Å². The molecular weight excluding hydrogens is 356 g/mol. The number of hydrogen-bond donors (Lipinski definition) is 0. The van der Waals surface area contributed by atoms with Gasteiger partial charge < -0.3 is 9.64 Å². The van der Waals surface area contributed by atoms with Crippen LogP contribution in [-0.2, 0) is 11.2 Å². The minimum absolute atomic E-state index is 0.0409. The minimum Gasteiger partial charge on any atom is -0.497 e. The van der Waals surface area contributed by atoms with E-state index in [4.69, 9.17) is 4.74 Å². The first-order valence-electron chi connectivity index (χ1n) is 8.54. The molecule has 6 heteroatoms. The van der Waals surface area contributed by atoms with Crippen molar-refractivity contribution in [3.8, 4) is 5.75 Å². The topological polar surface area (TPSA) is 29.5 Å². The van der Waals surface area contributed by atoms with Crippen molar-refractivity contribution in [1.82, 2.24) is 4.90 Å². The highest BCUT2D eigenvalue weighted by Crippen LogP contribution is 2.36. The van der Waals surface area contributed by atoms with Gasteiger partial charge in [0.2, 0.25) is 5.91 Å². The predicted molar refractivity (Wildman–Crippen MR) is 99.5 cm³/mol. The maximum atomic E-state index is 14.0. The smallest absolute Gasteiger partial charge is 0.227 e. The van der Waals surface area contributed by atoms with Crippen molar-refractivity contribution in [1.29, 1.82) is 0 Å². The Morgan fingerprint density at radius 2 is 2.08 bits per heavy atom. The van der Waals surface area contributed by atoms with Crippen molar-refractivity contribution < 1.29 is 18.3 Å². The second-order valence-corrected chi connectivity index (χ2v) is 7.53. The zero-order valence-electron chi connectivity index (χ0n) is 14.6. The Hall–Kier alpha value is -2.08. The zero-order valence-corrected chi connectivity index (χ0v) is 15.4. The average molecular weight is 377 g/mol. The quantitative estimate of drug-likeness (QED) is 0.799. The van der Waals surface area contributed by atoms with Gasteiger partial charge in [-0.25, -0.2) is 8.78 Å². The second-order valence-electron chi connectivity index (χ2n) is 6.22. The summed E-state index contributed by atoms with van der Waals surface area (Å²) in [7, 11) is 1.60. The van der Waals surface area contributed by atoms with Crippen LogP contribution in [0.1, 0.15) is 22.8 Å². The minimum atomic E-state index is -0.433. The predicted octanol–water partition coefficient (Wildman–Crippen LogP) is 4.22. The molecule has 26 heavy (non-hydrogen) atoms. The molecule has 1 heterocycles. The van der Waals surface area contributed by atoms with Crippen LogP contribution in [0, 0.1) is 11.6 Å². The third-order valence-electron chi connectivity index (χ3n) is 4.49. The number of nitrogens with zero attached hydrogens (tertiary/aromatic N) is 1. The summed E-state index contributed by atoms with van der Waals surface area (Å²) in [6.45, 7) is 1.15. The number of rotatable bonds is 4. The standard InChI is InChI=1S/C20H21F2NO2S/c1-25-16-4-2-3-14(11-16)12-20(24)23-8-7-19(26-10-9-23)17-13-15(21)5-6-18(17)22/h2-6,11,13,19H,7-10,12H2,1H3. The highest BCUT2D eigenvalue weighted by molar-refractivity contribution is 7.99. The zero-order chi connectivity index (χ0) is 18.5. The van der Waals surface area contributed by atoms with Crippen LogP contribution in [0.15, 0.2) is 42.5 Å². The van der Waals surface area contributed by atoms with Crippen LogP contribution in [0.3, 0.4) is 0 Å². The Morgan fingerprint density at radius 3 is 2.88 bits per heavy atom. The van der Waals surface area contributed by atoms with E-state index in [0.717, 1.165) is 17.4 Å². The van der Waals surface area contributed by atoms with E-state index in [1.165, 1.54) is 12.1 Å². The summed E-state index contributed by atoms with van der Waals surface area (Å²) in [5.74, 6) is 0.643. The summed E-state index contributed by atoms with van der Waals surface area (Å²) in [6.07, 6.45) is 0.912. The van der Waals surface area contributed by atoms with Crippen molar-refractivity contribution in [2.75, 3.05) is 26.0 Å². The fraction of sp³-hybridized carbons (Fsp3) is 0.350. The maximum absolute atomic E-state index is 14.0. The molecule has 1 aliphatic heterocycles. The molecule has 0 bridgehead atoms. The Labute approximate surface area is 156 Å². The monoisotopic (exact) mass is 377 g/mol. The van der Waals surface area contributed by atoms with E-state index in [1.807, 2.05) is 29.2 Å². The molecule has 3 nitrogen and oxygen atoms in total. The van der Waals surface area contributed by atoms with Gasteiger partial charge in [0.25, 0.3) is 0 Å². The van der Waals surface area contributed by atoms with Crippen molar-refractivity contribution in [2.24, 2.45) is 0 Å². The first-order valence-corrected chi connectivity index (χ1v) is 9.59. The van der Waals surface area contributed by atoms with Gasteiger partial charge in [0.1, 0.15) is 17.4 Å². The lowest BCUT2D eigenvalue weighted by atomic mass is 10.1. The molecule has 1 unspecified atom stereocenters. The van der Waals surface area contributed by atoms with E-state index in [9.17, 15) is 13.6 Å². The Kier molecular flexibility index (Phi) is 6.14. The van der Waals surface area contributed by atoms with Gasteiger partial charge in [-0.05, 0) is 42.3 Å². The molecule has 1 saturated heterocycles. The number of methoxy groups -OCH3 is 1. The maximum Gasteiger partial charge on any atom is 0.227 e. The van der Waals surface area contributed by atoms with Crippen LogP contribution in [0.2, 0.25) is 0 Å². The number of amides is 1. The molecule has 2 aromatic carbocycles. The molecule has 0 saturated carbocycles. The van der Waals surface area contributed by atoms with Gasteiger partial charge in [0.15, 0.2) is 0 Å². The number of thioether (sulfide) groups is 1. The van der Waals surface area contributed by atoms with Crippen molar-refractivity contribution >= 4 is 17.7 Å². The van der Waals surface area contributed by atoms with Crippen LogP contribution in [0.25, 0.3) is 0 Å². The molecule has 138 valence electrons. The van der Waals surface area contributed by atoms with Gasteiger partial charge in [0, 0.05) is 29.7 Å². The van der Waals surface area contributed by atoms with Gasteiger partial charge in [-0.3, -0.25) is 4.79 Å². The van der Waals surface area contributed by atoms with E-state index in [0.29, 0.717) is 37.2 Å². The van der Waals surface area contributed by atoms with Crippen LogP contribution in [0.5, 0.6) is 5.75 Å². The lowest BCUT2D eigenvalue weighted by Crippen LogP contribution is -2.34. The number of carbonyl (C=O) groups is 1. The molecule has 3 rings (SSSR count). The molecule has 0 spiro atoms. The largest absolute Gasteiger partial charge is 0.497 e. The first-order chi connectivity index (χ1) is 12.6. The number of carbonyl (C=O) groups excluding carboxylic acids is 1. The third-order valence-corrected chi connectivity index (χ3v) is 5.80. The Morgan fingerprint density at radius 1 is 1.23 bits per heavy atom. The number of benzene rings is 2. The number of hydrogen-bond acceptors (Lipinski definition) is 3. The normalized spacial score (nSPS) is 17.7. The molecule has 0 radical (unpaired) electrons. The van der Waals surface area contributed by atoms with E-state index in [-0.39, 0.29) is 17.0 Å². The van der Waals surface area contributed by atoms with E-state index in [1.54, 1.807) is 18.9 Å². The number of ether oxygens (including phenoxy) is 1. The Balaban J connectivity index is 1.64. The lowest BCUT2D eigenvalue weighted by molar-refractivity contribution is -0.130. The van der Waals surface area contributed by atoms with E-state index >= 15 is 0 Å². The van der Waals surface area contributed by atoms with E-state index < -0.39 is 5.82 Å². The highest BCUT2D eigenvalue weighted by atomic mass is 32.2. The highest BCUT2D eigenvalue weighted by Gasteiger charge is 2.24. The van der Waals surface area contributed by atoms with Gasteiger partial charge >= 0.3 is 0 Å². The lowest BCUT2D eigenvalue weighted by Gasteiger charge is -2.20. The molecule has 2 aromatic rings. The van der Waals surface area contributed by atoms with Crippen molar-refractivity contribution in [2.45, 2.75) is 18.1 Å². The fourth-order valence-corrected chi connectivity index (χ4v) is 4.34. The molecule has 1 amide bonds. The summed E-state index contributed by atoms with van der Waals surface area (Å²) in [5, 5.41) is -0.139. The molecular formula is C20H21F2NO2S. The summed E-state index contributed by atoms with van der Waals surface area (Å²) < 4.78 is 32.7. The SMILES string of the molecule is COc1cccc(CC(=O)N2CCSC(c3cc(F)ccc3F)CC2)c1. The third kappa shape index (κ3) is 4.55. The van der Waals surface area contributed by atoms with Crippen LogP contribution < -0.4 is 4.74 Å². The van der Waals surface area contributed by atoms with E-state index in [2.05, 4.69) is 0 Å². The van der Waals surface area contributed by atoms with Crippen molar-refractivity contribution in [3.05, 3.63) is 65.2 Å². The molecule has 0 N–H and O–H groups in total. The molecule has 1 aliphatic rings. The van der Waals surface area contributed by atoms with Crippen LogP contribution in [-0.4, -0.2) is 36.8 Å². The fourth-order valence-electron chi connectivity index (χ4n) is 3.10. The summed E-state index contributed by atoms with van der Waals surface area (Å²) in [5.41, 5.74) is 1.29. The van der Waals surface area contributed by atoms with Crippen LogP contribution in [0.4, 0.5) is 8.78 Å². The van der Waals surface area contributed by atoms with Gasteiger partial charge in [-0.1, -0.05) is 12.1 Å². The van der Waals surface area contributed by atoms with Crippen molar-refractivity contribution in [3.63, 3.8) is 0 Å². The van der Waals surface area contributed by atoms with Crippen LogP contribution >= 0.6 is 11.8 Å². The number of halogens is 2. The average Bonchev–Trinajstić information content (AvgIpc) is 2.90. The van der Waals surface area contributed by atoms with Gasteiger partial charge in [-0.15, -0.1) is 0 Å². The summed E-state index contributed by atoms with van der Waals surface area (Å²) >= 11 is 1.57. The molecule has 1 fully saturated rings.